The Morgan fingerprint density at radius 3 is 2.80 bits per heavy atom. The molecule has 1 unspecified atom stereocenters. The van der Waals surface area contributed by atoms with Gasteiger partial charge in [-0.2, -0.15) is 5.10 Å². The molecule has 1 amide bonds. The third-order valence-corrected chi connectivity index (χ3v) is 6.60. The standard InChI is InChI=1S/C18H25N5OS/c1-13-14(11-22(3)20-13)17(24)23-7-4-18(5-8-23)10-15(18)21(2)12-16-19-6-9-25-16/h6,9,11,15H,4-5,7-8,10,12H2,1-3H3. The number of aromatic nitrogens is 3. The maximum absolute atomic E-state index is 12.7. The van der Waals surface area contributed by atoms with Crippen LogP contribution in [-0.4, -0.2) is 56.7 Å². The summed E-state index contributed by atoms with van der Waals surface area (Å²) in [5, 5.41) is 7.52. The Kier molecular flexibility index (Phi) is 4.16. The largest absolute Gasteiger partial charge is 0.338 e. The van der Waals surface area contributed by atoms with Crippen LogP contribution in [0.25, 0.3) is 0 Å². The van der Waals surface area contributed by atoms with Crippen LogP contribution in [0.2, 0.25) is 0 Å². The number of hydrogen-bond donors (Lipinski definition) is 0. The van der Waals surface area contributed by atoms with Crippen LogP contribution < -0.4 is 0 Å². The highest BCUT2D eigenvalue weighted by Crippen LogP contribution is 2.56. The molecular weight excluding hydrogens is 334 g/mol. The molecule has 2 fully saturated rings. The molecular formula is C18H25N5OS. The lowest BCUT2D eigenvalue weighted by Gasteiger charge is -2.34. The smallest absolute Gasteiger partial charge is 0.257 e. The van der Waals surface area contributed by atoms with Crippen molar-refractivity contribution in [2.75, 3.05) is 20.1 Å². The number of thiazole rings is 1. The molecule has 134 valence electrons. The molecule has 2 aromatic heterocycles. The Morgan fingerprint density at radius 2 is 2.20 bits per heavy atom. The fourth-order valence-corrected chi connectivity index (χ4v) is 4.96. The lowest BCUT2D eigenvalue weighted by atomic mass is 9.92. The summed E-state index contributed by atoms with van der Waals surface area (Å²) in [5.41, 5.74) is 1.97. The predicted molar refractivity (Wildman–Crippen MR) is 97.5 cm³/mol. The van der Waals surface area contributed by atoms with Crippen molar-refractivity contribution >= 4 is 17.2 Å². The zero-order chi connectivity index (χ0) is 17.6. The van der Waals surface area contributed by atoms with Gasteiger partial charge in [-0.25, -0.2) is 4.98 Å². The highest BCUT2D eigenvalue weighted by Gasteiger charge is 2.56. The van der Waals surface area contributed by atoms with Crippen LogP contribution in [0.4, 0.5) is 0 Å². The fourth-order valence-electron chi connectivity index (χ4n) is 4.28. The van der Waals surface area contributed by atoms with E-state index in [0.29, 0.717) is 11.5 Å². The predicted octanol–water partition coefficient (Wildman–Crippen LogP) is 2.31. The molecule has 1 spiro atoms. The molecule has 1 aliphatic heterocycles. The molecule has 1 saturated carbocycles. The summed E-state index contributed by atoms with van der Waals surface area (Å²) < 4.78 is 1.72. The van der Waals surface area contributed by atoms with Gasteiger partial charge in [-0.15, -0.1) is 11.3 Å². The third kappa shape index (κ3) is 3.11. The van der Waals surface area contributed by atoms with Crippen molar-refractivity contribution in [3.63, 3.8) is 0 Å². The van der Waals surface area contributed by atoms with E-state index in [4.69, 9.17) is 0 Å². The minimum Gasteiger partial charge on any atom is -0.338 e. The monoisotopic (exact) mass is 359 g/mol. The quantitative estimate of drug-likeness (QED) is 0.841. The van der Waals surface area contributed by atoms with Crippen molar-refractivity contribution in [3.8, 4) is 0 Å². The Labute approximate surface area is 152 Å². The first-order chi connectivity index (χ1) is 12.0. The lowest BCUT2D eigenvalue weighted by molar-refractivity contribution is 0.0657. The molecule has 4 rings (SSSR count). The molecule has 2 aliphatic rings. The molecule has 0 aromatic carbocycles. The van der Waals surface area contributed by atoms with Gasteiger partial charge in [0.2, 0.25) is 0 Å². The highest BCUT2D eigenvalue weighted by molar-refractivity contribution is 7.09. The van der Waals surface area contributed by atoms with E-state index in [0.717, 1.165) is 43.7 Å². The Balaban J connectivity index is 1.34. The SMILES string of the molecule is Cc1nn(C)cc1C(=O)N1CCC2(CC1)CC2N(C)Cc1nccs1. The number of piperidine rings is 1. The van der Waals surface area contributed by atoms with Crippen molar-refractivity contribution in [3.05, 3.63) is 34.0 Å². The Hall–Kier alpha value is -1.73. The van der Waals surface area contributed by atoms with Crippen molar-refractivity contribution in [2.45, 2.75) is 38.8 Å². The topological polar surface area (TPSA) is 54.3 Å². The average Bonchev–Trinajstić information content (AvgIpc) is 2.92. The van der Waals surface area contributed by atoms with Crippen molar-refractivity contribution in [1.29, 1.82) is 0 Å². The number of hydrogen-bond acceptors (Lipinski definition) is 5. The summed E-state index contributed by atoms with van der Waals surface area (Å²) in [4.78, 5) is 21.6. The molecule has 1 saturated heterocycles. The van der Waals surface area contributed by atoms with Crippen molar-refractivity contribution in [1.82, 2.24) is 24.6 Å². The molecule has 7 heteroatoms. The van der Waals surface area contributed by atoms with E-state index in [1.54, 1.807) is 16.0 Å². The molecule has 0 radical (unpaired) electrons. The molecule has 3 heterocycles. The first-order valence-electron chi connectivity index (χ1n) is 8.87. The molecule has 1 aliphatic carbocycles. The second-order valence-electron chi connectivity index (χ2n) is 7.52. The number of amides is 1. The second-order valence-corrected chi connectivity index (χ2v) is 8.50. The Morgan fingerprint density at radius 1 is 1.44 bits per heavy atom. The summed E-state index contributed by atoms with van der Waals surface area (Å²) in [6, 6.07) is 0.633. The second kappa shape index (κ2) is 6.21. The van der Waals surface area contributed by atoms with Gasteiger partial charge in [0.25, 0.3) is 5.91 Å². The Bertz CT molecular complexity index is 761. The minimum absolute atomic E-state index is 0.133. The van der Waals surface area contributed by atoms with Crippen LogP contribution in [-0.2, 0) is 13.6 Å². The summed E-state index contributed by atoms with van der Waals surface area (Å²) in [6.45, 7) is 4.55. The molecule has 0 bridgehead atoms. The summed E-state index contributed by atoms with van der Waals surface area (Å²) >= 11 is 1.72. The molecule has 1 atom stereocenters. The van der Waals surface area contributed by atoms with E-state index in [1.165, 1.54) is 11.4 Å². The van der Waals surface area contributed by atoms with Gasteiger partial charge in [-0.05, 0) is 38.6 Å². The van der Waals surface area contributed by atoms with Gasteiger partial charge in [0.15, 0.2) is 0 Å². The van der Waals surface area contributed by atoms with Crippen LogP contribution in [0.3, 0.4) is 0 Å². The van der Waals surface area contributed by atoms with Crippen molar-refractivity contribution < 1.29 is 4.79 Å². The summed E-state index contributed by atoms with van der Waals surface area (Å²) in [7, 11) is 4.07. The zero-order valence-corrected chi connectivity index (χ0v) is 15.9. The van der Waals surface area contributed by atoms with Crippen LogP contribution in [0.5, 0.6) is 0 Å². The fraction of sp³-hybridized carbons (Fsp3) is 0.611. The van der Waals surface area contributed by atoms with Crippen LogP contribution >= 0.6 is 11.3 Å². The van der Waals surface area contributed by atoms with E-state index in [9.17, 15) is 4.79 Å². The number of nitrogens with zero attached hydrogens (tertiary/aromatic N) is 5. The first-order valence-corrected chi connectivity index (χ1v) is 9.75. The van der Waals surface area contributed by atoms with Crippen LogP contribution in [0, 0.1) is 12.3 Å². The van der Waals surface area contributed by atoms with Gasteiger partial charge in [0, 0.05) is 44.0 Å². The minimum atomic E-state index is 0.133. The van der Waals surface area contributed by atoms with Crippen LogP contribution in [0.1, 0.15) is 40.3 Å². The first kappa shape index (κ1) is 16.7. The zero-order valence-electron chi connectivity index (χ0n) is 15.1. The van der Waals surface area contributed by atoms with Gasteiger partial charge >= 0.3 is 0 Å². The van der Waals surface area contributed by atoms with Gasteiger partial charge in [0.05, 0.1) is 17.8 Å². The van der Waals surface area contributed by atoms with Crippen LogP contribution in [0.15, 0.2) is 17.8 Å². The van der Waals surface area contributed by atoms with E-state index in [-0.39, 0.29) is 5.91 Å². The number of carbonyl (C=O) groups is 1. The third-order valence-electron chi connectivity index (χ3n) is 5.84. The van der Waals surface area contributed by atoms with E-state index in [1.807, 2.05) is 36.6 Å². The number of likely N-dealkylation sites (tertiary alicyclic amines) is 1. The number of rotatable bonds is 4. The molecule has 25 heavy (non-hydrogen) atoms. The van der Waals surface area contributed by atoms with Gasteiger partial charge < -0.3 is 4.90 Å². The maximum atomic E-state index is 12.7. The number of carbonyl (C=O) groups excluding carboxylic acids is 1. The van der Waals surface area contributed by atoms with Crippen molar-refractivity contribution in [2.24, 2.45) is 12.5 Å². The summed E-state index contributed by atoms with van der Waals surface area (Å²) in [5.74, 6) is 0.133. The summed E-state index contributed by atoms with van der Waals surface area (Å²) in [6.07, 6.45) is 7.17. The van der Waals surface area contributed by atoms with E-state index >= 15 is 0 Å². The van der Waals surface area contributed by atoms with Gasteiger partial charge in [-0.3, -0.25) is 14.4 Å². The average molecular weight is 359 g/mol. The van der Waals surface area contributed by atoms with Gasteiger partial charge in [0.1, 0.15) is 5.01 Å². The molecule has 0 N–H and O–H groups in total. The maximum Gasteiger partial charge on any atom is 0.257 e. The van der Waals surface area contributed by atoms with Gasteiger partial charge in [-0.1, -0.05) is 0 Å². The van der Waals surface area contributed by atoms with E-state index in [2.05, 4.69) is 22.0 Å². The molecule has 6 nitrogen and oxygen atoms in total. The normalized spacial score (nSPS) is 21.9. The molecule has 2 aromatic rings. The van der Waals surface area contributed by atoms with E-state index < -0.39 is 0 Å². The lowest BCUT2D eigenvalue weighted by Crippen LogP contribution is -2.41. The number of aryl methyl sites for hydroxylation is 2. The highest BCUT2D eigenvalue weighted by atomic mass is 32.1.